The van der Waals surface area contributed by atoms with E-state index in [0.29, 0.717) is 23.6 Å². The Morgan fingerprint density at radius 3 is 2.82 bits per heavy atom. The third-order valence-corrected chi connectivity index (χ3v) is 2.89. The molecular weight excluding hydrogens is 283 g/mol. The molecule has 0 unspecified atom stereocenters. The summed E-state index contributed by atoms with van der Waals surface area (Å²) in [6.45, 7) is 2.38. The quantitative estimate of drug-likeness (QED) is 0.656. The van der Waals surface area contributed by atoms with Crippen molar-refractivity contribution in [2.75, 3.05) is 17.7 Å². The van der Waals surface area contributed by atoms with Crippen molar-refractivity contribution in [2.24, 2.45) is 0 Å². The third-order valence-electron chi connectivity index (χ3n) is 2.89. The molecule has 0 radical (unpaired) electrons. The molecule has 3 N–H and O–H groups in total. The zero-order chi connectivity index (χ0) is 15.9. The minimum atomic E-state index is -0.479. The van der Waals surface area contributed by atoms with Crippen LogP contribution in [-0.2, 0) is 4.79 Å². The molecule has 2 aromatic rings. The van der Waals surface area contributed by atoms with Crippen molar-refractivity contribution < 1.29 is 13.9 Å². The Morgan fingerprint density at radius 1 is 1.32 bits per heavy atom. The average molecular weight is 300 g/mol. The second kappa shape index (κ2) is 7.26. The molecule has 0 saturated carbocycles. The number of benzene rings is 2. The Morgan fingerprint density at radius 2 is 2.09 bits per heavy atom. The molecule has 0 aliphatic heterocycles. The second-order valence-corrected chi connectivity index (χ2v) is 4.53. The Balaban J connectivity index is 2.06. The summed E-state index contributed by atoms with van der Waals surface area (Å²) in [7, 11) is 0. The van der Waals surface area contributed by atoms with E-state index in [2.05, 4.69) is 5.32 Å². The topological polar surface area (TPSA) is 64.3 Å². The highest BCUT2D eigenvalue weighted by Crippen LogP contribution is 2.23. The minimum absolute atomic E-state index is 0.0456. The summed E-state index contributed by atoms with van der Waals surface area (Å²) < 4.78 is 18.5. The number of nitrogen functional groups attached to an aromatic ring is 1. The van der Waals surface area contributed by atoms with Crippen LogP contribution in [0.5, 0.6) is 5.75 Å². The lowest BCUT2D eigenvalue weighted by Gasteiger charge is -2.09. The molecule has 1 amide bonds. The van der Waals surface area contributed by atoms with E-state index in [4.69, 9.17) is 10.5 Å². The average Bonchev–Trinajstić information content (AvgIpc) is 2.51. The highest BCUT2D eigenvalue weighted by molar-refractivity contribution is 6.02. The molecule has 0 atom stereocenters. The summed E-state index contributed by atoms with van der Waals surface area (Å²) in [6.07, 6.45) is 2.92. The first-order chi connectivity index (χ1) is 10.6. The summed E-state index contributed by atoms with van der Waals surface area (Å²) in [5.74, 6) is -0.180. The Hall–Kier alpha value is -2.82. The van der Waals surface area contributed by atoms with Crippen LogP contribution in [0.1, 0.15) is 12.5 Å². The van der Waals surface area contributed by atoms with Crippen LogP contribution in [0.2, 0.25) is 0 Å². The summed E-state index contributed by atoms with van der Waals surface area (Å²) in [5, 5.41) is 2.74. The van der Waals surface area contributed by atoms with Crippen LogP contribution in [0.25, 0.3) is 6.08 Å². The maximum Gasteiger partial charge on any atom is 0.248 e. The molecule has 0 aliphatic rings. The molecular formula is C17H17FN2O2. The lowest BCUT2D eigenvalue weighted by molar-refractivity contribution is -0.111. The van der Waals surface area contributed by atoms with Crippen molar-refractivity contribution in [3.8, 4) is 5.75 Å². The van der Waals surface area contributed by atoms with Crippen molar-refractivity contribution in [1.29, 1.82) is 0 Å². The molecule has 4 nitrogen and oxygen atoms in total. The number of amides is 1. The van der Waals surface area contributed by atoms with Gasteiger partial charge in [0.15, 0.2) is 0 Å². The fourth-order valence-corrected chi connectivity index (χ4v) is 1.86. The van der Waals surface area contributed by atoms with Gasteiger partial charge in [-0.3, -0.25) is 4.79 Å². The number of nitrogens with two attached hydrogens (primary N) is 1. The summed E-state index contributed by atoms with van der Waals surface area (Å²) in [6, 6.07) is 11.4. The van der Waals surface area contributed by atoms with E-state index in [1.165, 1.54) is 18.2 Å². The van der Waals surface area contributed by atoms with Gasteiger partial charge >= 0.3 is 0 Å². The Labute approximate surface area is 128 Å². The zero-order valence-electron chi connectivity index (χ0n) is 12.2. The van der Waals surface area contributed by atoms with Gasteiger partial charge in [-0.05, 0) is 42.8 Å². The number of hydrogen-bond donors (Lipinski definition) is 2. The molecule has 2 rings (SSSR count). The first-order valence-electron chi connectivity index (χ1n) is 6.86. The molecule has 5 heteroatoms. The highest BCUT2D eigenvalue weighted by atomic mass is 19.1. The first-order valence-corrected chi connectivity index (χ1v) is 6.86. The Bertz CT molecular complexity index is 699. The van der Waals surface area contributed by atoms with Gasteiger partial charge < -0.3 is 15.8 Å². The minimum Gasteiger partial charge on any atom is -0.492 e. The van der Waals surface area contributed by atoms with Gasteiger partial charge in [-0.15, -0.1) is 0 Å². The number of halogens is 1. The molecule has 0 saturated heterocycles. The van der Waals surface area contributed by atoms with Crippen LogP contribution in [0.3, 0.4) is 0 Å². The van der Waals surface area contributed by atoms with Gasteiger partial charge in [0.05, 0.1) is 18.0 Å². The lowest BCUT2D eigenvalue weighted by Crippen LogP contribution is -2.09. The number of nitrogens with one attached hydrogen (secondary N) is 1. The van der Waals surface area contributed by atoms with Crippen molar-refractivity contribution >= 4 is 23.4 Å². The van der Waals surface area contributed by atoms with Gasteiger partial charge in [-0.2, -0.15) is 0 Å². The van der Waals surface area contributed by atoms with Gasteiger partial charge in [-0.25, -0.2) is 4.39 Å². The van der Waals surface area contributed by atoms with E-state index in [-0.39, 0.29) is 11.6 Å². The van der Waals surface area contributed by atoms with E-state index in [9.17, 15) is 9.18 Å². The zero-order valence-corrected chi connectivity index (χ0v) is 12.2. The molecule has 22 heavy (non-hydrogen) atoms. The van der Waals surface area contributed by atoms with E-state index in [1.807, 2.05) is 19.1 Å². The smallest absolute Gasteiger partial charge is 0.248 e. The number of rotatable bonds is 5. The lowest BCUT2D eigenvalue weighted by atomic mass is 10.2. The Kier molecular flexibility index (Phi) is 5.14. The SMILES string of the molecule is CCOc1ccccc1NC(=O)/C=C/c1ccc(F)c(N)c1. The number of carbonyl (C=O) groups excluding carboxylic acids is 1. The van der Waals surface area contributed by atoms with Crippen LogP contribution in [0.15, 0.2) is 48.5 Å². The van der Waals surface area contributed by atoms with Crippen molar-refractivity contribution in [3.05, 3.63) is 59.9 Å². The molecule has 0 heterocycles. The predicted molar refractivity (Wildman–Crippen MR) is 86.1 cm³/mol. The normalized spacial score (nSPS) is 10.6. The molecule has 0 fully saturated rings. The number of ether oxygens (including phenoxy) is 1. The first kappa shape index (κ1) is 15.6. The standard InChI is InChI=1S/C17H17FN2O2/c1-2-22-16-6-4-3-5-15(16)20-17(21)10-8-12-7-9-13(18)14(19)11-12/h3-11H,2,19H2,1H3,(H,20,21)/b10-8+. The van der Waals surface area contributed by atoms with Crippen LogP contribution >= 0.6 is 0 Å². The molecule has 114 valence electrons. The van der Waals surface area contributed by atoms with Crippen LogP contribution in [0.4, 0.5) is 15.8 Å². The summed E-state index contributed by atoms with van der Waals surface area (Å²) >= 11 is 0. The van der Waals surface area contributed by atoms with Gasteiger partial charge in [0.1, 0.15) is 11.6 Å². The largest absolute Gasteiger partial charge is 0.492 e. The third kappa shape index (κ3) is 4.09. The molecule has 0 aliphatic carbocycles. The fourth-order valence-electron chi connectivity index (χ4n) is 1.86. The molecule has 0 spiro atoms. The van der Waals surface area contributed by atoms with Crippen LogP contribution < -0.4 is 15.8 Å². The molecule has 0 aromatic heterocycles. The van der Waals surface area contributed by atoms with Crippen molar-refractivity contribution in [1.82, 2.24) is 0 Å². The van der Waals surface area contributed by atoms with E-state index >= 15 is 0 Å². The van der Waals surface area contributed by atoms with Crippen LogP contribution in [-0.4, -0.2) is 12.5 Å². The van der Waals surface area contributed by atoms with Gasteiger partial charge in [0, 0.05) is 6.08 Å². The number of carbonyl (C=O) groups is 1. The van der Waals surface area contributed by atoms with E-state index in [1.54, 1.807) is 24.3 Å². The highest BCUT2D eigenvalue weighted by Gasteiger charge is 2.05. The fraction of sp³-hybridized carbons (Fsp3) is 0.118. The second-order valence-electron chi connectivity index (χ2n) is 4.53. The van der Waals surface area contributed by atoms with Crippen molar-refractivity contribution in [3.63, 3.8) is 0 Å². The van der Waals surface area contributed by atoms with Gasteiger partial charge in [-0.1, -0.05) is 18.2 Å². The molecule has 2 aromatic carbocycles. The number of anilines is 2. The number of hydrogen-bond acceptors (Lipinski definition) is 3. The van der Waals surface area contributed by atoms with E-state index in [0.717, 1.165) is 0 Å². The maximum absolute atomic E-state index is 13.1. The van der Waals surface area contributed by atoms with Crippen molar-refractivity contribution in [2.45, 2.75) is 6.92 Å². The maximum atomic E-state index is 13.1. The van der Waals surface area contributed by atoms with Gasteiger partial charge in [0.25, 0.3) is 0 Å². The monoisotopic (exact) mass is 300 g/mol. The molecule has 0 bridgehead atoms. The summed E-state index contributed by atoms with van der Waals surface area (Å²) in [5.41, 5.74) is 6.76. The number of para-hydroxylation sites is 2. The van der Waals surface area contributed by atoms with E-state index < -0.39 is 5.82 Å². The summed E-state index contributed by atoms with van der Waals surface area (Å²) in [4.78, 5) is 11.9. The predicted octanol–water partition coefficient (Wildman–Crippen LogP) is 3.46. The van der Waals surface area contributed by atoms with Crippen LogP contribution in [0, 0.1) is 5.82 Å². The van der Waals surface area contributed by atoms with Gasteiger partial charge in [0.2, 0.25) is 5.91 Å².